The van der Waals surface area contributed by atoms with Crippen LogP contribution in [0.3, 0.4) is 0 Å². The van der Waals surface area contributed by atoms with Crippen molar-refractivity contribution in [1.82, 2.24) is 24.1 Å². The standard InChI is InChI=1S/C34H36N6O3Si/c1-42-27-17-15-25(16-18-27)30-32(36-28-21-39(22-35-28)23-43-19-20-44(2,3)4)37-33-29(24-11-7-5-8-12-24)31(38-40(33)34(30)41)26-13-9-6-10-14-26/h5-18,21-22,36-37H,19-20,23H2,1-4H3. The summed E-state index contributed by atoms with van der Waals surface area (Å²) in [6.45, 7) is 8.12. The summed E-state index contributed by atoms with van der Waals surface area (Å²) < 4.78 is 14.6. The molecule has 9 nitrogen and oxygen atoms in total. The van der Waals surface area contributed by atoms with E-state index in [0.29, 0.717) is 46.6 Å². The van der Waals surface area contributed by atoms with Gasteiger partial charge in [0.25, 0.3) is 5.56 Å². The number of imidazole rings is 1. The molecule has 0 unspecified atom stereocenters. The minimum Gasteiger partial charge on any atom is -0.497 e. The SMILES string of the molecule is COc1ccc(-c2c(Nc3cn(COCC[Si](C)(C)C)cn3)[nH]c3c(-c4ccccc4)c(-c4ccccc4)nn3c2=O)cc1. The van der Waals surface area contributed by atoms with Gasteiger partial charge in [-0.3, -0.25) is 4.79 Å². The highest BCUT2D eigenvalue weighted by atomic mass is 28.3. The topological polar surface area (TPSA) is 98.5 Å². The van der Waals surface area contributed by atoms with Crippen LogP contribution in [0.25, 0.3) is 39.2 Å². The van der Waals surface area contributed by atoms with Crippen molar-refractivity contribution < 1.29 is 9.47 Å². The van der Waals surface area contributed by atoms with Gasteiger partial charge in [0.1, 0.15) is 35.5 Å². The van der Waals surface area contributed by atoms with Crippen molar-refractivity contribution in [3.8, 4) is 39.3 Å². The van der Waals surface area contributed by atoms with E-state index in [1.807, 2.05) is 95.7 Å². The van der Waals surface area contributed by atoms with Crippen LogP contribution in [0.2, 0.25) is 25.7 Å². The molecule has 6 rings (SSSR count). The van der Waals surface area contributed by atoms with Crippen LogP contribution < -0.4 is 15.6 Å². The van der Waals surface area contributed by atoms with Gasteiger partial charge in [-0.05, 0) is 29.3 Å². The molecule has 0 saturated carbocycles. The third-order valence-corrected chi connectivity index (χ3v) is 9.10. The van der Waals surface area contributed by atoms with Gasteiger partial charge in [0.05, 0.1) is 30.8 Å². The monoisotopic (exact) mass is 604 g/mol. The average molecular weight is 605 g/mol. The number of anilines is 2. The van der Waals surface area contributed by atoms with Gasteiger partial charge in [0, 0.05) is 20.2 Å². The number of hydrogen-bond acceptors (Lipinski definition) is 6. The number of nitrogens with zero attached hydrogens (tertiary/aromatic N) is 4. The number of methoxy groups -OCH3 is 1. The minimum absolute atomic E-state index is 0.264. The van der Waals surface area contributed by atoms with Crippen LogP contribution in [0.5, 0.6) is 5.75 Å². The molecule has 0 radical (unpaired) electrons. The fourth-order valence-corrected chi connectivity index (χ4v) is 5.80. The van der Waals surface area contributed by atoms with E-state index < -0.39 is 8.07 Å². The molecule has 0 amide bonds. The Labute approximate surface area is 257 Å². The summed E-state index contributed by atoms with van der Waals surface area (Å²) in [6.07, 6.45) is 3.60. The van der Waals surface area contributed by atoms with E-state index >= 15 is 0 Å². The van der Waals surface area contributed by atoms with Gasteiger partial charge >= 0.3 is 0 Å². The fraction of sp³-hybridized carbons (Fsp3) is 0.206. The number of nitrogens with one attached hydrogen (secondary N) is 2. The minimum atomic E-state index is -1.17. The van der Waals surface area contributed by atoms with Crippen LogP contribution in [-0.4, -0.2) is 45.9 Å². The number of rotatable bonds is 11. The van der Waals surface area contributed by atoms with Gasteiger partial charge in [0.2, 0.25) is 0 Å². The molecule has 3 aromatic carbocycles. The molecule has 0 saturated heterocycles. The number of fused-ring (bicyclic) bond motifs is 1. The quantitative estimate of drug-likeness (QED) is 0.119. The Morgan fingerprint density at radius 3 is 2.18 bits per heavy atom. The number of ether oxygens (including phenoxy) is 2. The molecule has 6 aromatic rings. The molecule has 0 aliphatic rings. The first-order valence-electron chi connectivity index (χ1n) is 14.6. The van der Waals surface area contributed by atoms with Gasteiger partial charge in [0.15, 0.2) is 0 Å². The second kappa shape index (κ2) is 12.4. The Balaban J connectivity index is 1.47. The molecule has 224 valence electrons. The first-order valence-corrected chi connectivity index (χ1v) is 18.3. The van der Waals surface area contributed by atoms with Crippen LogP contribution in [0.4, 0.5) is 11.6 Å². The van der Waals surface area contributed by atoms with Gasteiger partial charge in [-0.1, -0.05) is 92.4 Å². The van der Waals surface area contributed by atoms with Gasteiger partial charge < -0.3 is 24.3 Å². The molecule has 0 spiro atoms. The van der Waals surface area contributed by atoms with Gasteiger partial charge in [-0.2, -0.15) is 9.61 Å². The molecule has 3 heterocycles. The normalized spacial score (nSPS) is 11.6. The van der Waals surface area contributed by atoms with E-state index in [4.69, 9.17) is 14.6 Å². The zero-order valence-electron chi connectivity index (χ0n) is 25.4. The van der Waals surface area contributed by atoms with Gasteiger partial charge in [-0.15, -0.1) is 0 Å². The maximum atomic E-state index is 14.4. The van der Waals surface area contributed by atoms with Crippen molar-refractivity contribution >= 4 is 25.4 Å². The summed E-state index contributed by atoms with van der Waals surface area (Å²) in [5, 5.41) is 8.26. The molecular formula is C34H36N6O3Si. The summed E-state index contributed by atoms with van der Waals surface area (Å²) in [5.41, 5.74) is 4.86. The Hall–Kier alpha value is -4.93. The summed E-state index contributed by atoms with van der Waals surface area (Å²) in [6, 6.07) is 28.4. The molecule has 2 N–H and O–H groups in total. The van der Waals surface area contributed by atoms with E-state index in [-0.39, 0.29) is 5.56 Å². The van der Waals surface area contributed by atoms with Crippen LogP contribution in [0.1, 0.15) is 0 Å². The van der Waals surface area contributed by atoms with Crippen molar-refractivity contribution in [2.24, 2.45) is 0 Å². The van der Waals surface area contributed by atoms with Crippen molar-refractivity contribution in [3.05, 3.63) is 108 Å². The highest BCUT2D eigenvalue weighted by molar-refractivity contribution is 6.76. The first kappa shape index (κ1) is 29.2. The highest BCUT2D eigenvalue weighted by Crippen LogP contribution is 2.36. The molecule has 0 atom stereocenters. The third-order valence-electron chi connectivity index (χ3n) is 7.40. The maximum absolute atomic E-state index is 14.4. The second-order valence-corrected chi connectivity index (χ2v) is 17.5. The Kier molecular flexibility index (Phi) is 8.19. The Bertz CT molecular complexity index is 1920. The number of benzene rings is 3. The van der Waals surface area contributed by atoms with Crippen LogP contribution >= 0.6 is 0 Å². The van der Waals surface area contributed by atoms with Crippen molar-refractivity contribution in [3.63, 3.8) is 0 Å². The molecule has 44 heavy (non-hydrogen) atoms. The lowest BCUT2D eigenvalue weighted by molar-refractivity contribution is 0.0872. The predicted octanol–water partition coefficient (Wildman–Crippen LogP) is 7.28. The smallest absolute Gasteiger partial charge is 0.284 e. The number of hydrogen-bond donors (Lipinski definition) is 2. The predicted molar refractivity (Wildman–Crippen MR) is 178 cm³/mol. The molecule has 10 heteroatoms. The van der Waals surface area contributed by atoms with Gasteiger partial charge in [-0.25, -0.2) is 4.98 Å². The lowest BCUT2D eigenvalue weighted by Gasteiger charge is -2.15. The summed E-state index contributed by atoms with van der Waals surface area (Å²) >= 11 is 0. The largest absolute Gasteiger partial charge is 0.497 e. The zero-order chi connectivity index (χ0) is 30.7. The third kappa shape index (κ3) is 6.22. The molecular weight excluding hydrogens is 568 g/mol. The molecule has 0 aliphatic carbocycles. The molecule has 0 bridgehead atoms. The molecule has 0 fully saturated rings. The van der Waals surface area contributed by atoms with Crippen LogP contribution in [0, 0.1) is 0 Å². The molecule has 0 aliphatic heterocycles. The second-order valence-electron chi connectivity index (χ2n) is 11.9. The maximum Gasteiger partial charge on any atom is 0.284 e. The Morgan fingerprint density at radius 1 is 0.864 bits per heavy atom. The van der Waals surface area contributed by atoms with E-state index in [9.17, 15) is 4.79 Å². The fourth-order valence-electron chi connectivity index (χ4n) is 5.04. The molecule has 3 aromatic heterocycles. The van der Waals surface area contributed by atoms with E-state index in [0.717, 1.165) is 29.3 Å². The lowest BCUT2D eigenvalue weighted by Crippen LogP contribution is -2.21. The summed E-state index contributed by atoms with van der Waals surface area (Å²) in [7, 11) is 0.443. The highest BCUT2D eigenvalue weighted by Gasteiger charge is 2.23. The zero-order valence-corrected chi connectivity index (χ0v) is 26.4. The van der Waals surface area contributed by atoms with Crippen LogP contribution in [-0.2, 0) is 11.5 Å². The number of aromatic nitrogens is 5. The van der Waals surface area contributed by atoms with Crippen molar-refractivity contribution in [2.75, 3.05) is 19.0 Å². The number of H-pyrrole nitrogens is 1. The average Bonchev–Trinajstić information content (AvgIpc) is 3.65. The van der Waals surface area contributed by atoms with E-state index in [1.165, 1.54) is 4.52 Å². The van der Waals surface area contributed by atoms with Crippen molar-refractivity contribution in [1.29, 1.82) is 0 Å². The van der Waals surface area contributed by atoms with Crippen LogP contribution in [0.15, 0.2) is 102 Å². The lowest BCUT2D eigenvalue weighted by atomic mass is 10.0. The summed E-state index contributed by atoms with van der Waals surface area (Å²) in [4.78, 5) is 22.4. The Morgan fingerprint density at radius 2 is 1.52 bits per heavy atom. The van der Waals surface area contributed by atoms with Crippen molar-refractivity contribution in [2.45, 2.75) is 32.4 Å². The first-order chi connectivity index (χ1) is 21.3. The summed E-state index contributed by atoms with van der Waals surface area (Å²) in [5.74, 6) is 1.79. The van der Waals surface area contributed by atoms with E-state index in [1.54, 1.807) is 13.4 Å². The van der Waals surface area contributed by atoms with E-state index in [2.05, 4.69) is 34.9 Å². The number of aromatic amines is 1.